The van der Waals surface area contributed by atoms with E-state index in [0.717, 1.165) is 16.6 Å². The van der Waals surface area contributed by atoms with Crippen molar-refractivity contribution in [3.05, 3.63) is 54.2 Å². The van der Waals surface area contributed by atoms with E-state index in [2.05, 4.69) is 56.3 Å². The molecule has 0 aliphatic heterocycles. The summed E-state index contributed by atoms with van der Waals surface area (Å²) in [6, 6.07) is 18.5. The van der Waals surface area contributed by atoms with Crippen molar-refractivity contribution in [2.45, 2.75) is 19.8 Å². The van der Waals surface area contributed by atoms with Crippen LogP contribution in [0, 0.1) is 12.1 Å². The van der Waals surface area contributed by atoms with E-state index in [1.807, 2.05) is 6.07 Å². The molecule has 0 amide bonds. The Morgan fingerprint density at radius 2 is 1.76 bits per heavy atom. The first-order valence-corrected chi connectivity index (χ1v) is 5.88. The Bertz CT molecular complexity index is 683. The largest absolute Gasteiger partial charge is 0.243 e. The van der Waals surface area contributed by atoms with Gasteiger partial charge in [0.1, 0.15) is 5.52 Å². The molecule has 0 bridgehead atoms. The first-order chi connectivity index (χ1) is 8.27. The molecule has 0 radical (unpaired) electrons. The lowest BCUT2D eigenvalue weighted by atomic mass is 9.99. The maximum absolute atomic E-state index is 4.72. The molecule has 1 aromatic heterocycles. The fraction of sp³-hybridized carbons (Fsp3) is 0.188. The summed E-state index contributed by atoms with van der Waals surface area (Å²) in [6.45, 7) is 4.35. The maximum atomic E-state index is 4.72. The second kappa shape index (κ2) is 3.75. The zero-order valence-electron chi connectivity index (χ0n) is 9.99. The van der Waals surface area contributed by atoms with Crippen molar-refractivity contribution in [1.29, 1.82) is 0 Å². The van der Waals surface area contributed by atoms with Crippen molar-refractivity contribution >= 4 is 21.7 Å². The van der Waals surface area contributed by atoms with Gasteiger partial charge in [0.05, 0.1) is 5.69 Å². The van der Waals surface area contributed by atoms with Gasteiger partial charge in [0, 0.05) is 10.8 Å². The second-order valence-electron chi connectivity index (χ2n) is 4.56. The van der Waals surface area contributed by atoms with Gasteiger partial charge in [-0.2, -0.15) is 0 Å². The maximum Gasteiger partial charge on any atom is 0.121 e. The van der Waals surface area contributed by atoms with Crippen LogP contribution >= 0.6 is 0 Å². The Morgan fingerprint density at radius 1 is 1.00 bits per heavy atom. The van der Waals surface area contributed by atoms with E-state index in [1.54, 1.807) is 0 Å². The number of nitrogens with zero attached hydrogens (tertiary/aromatic N) is 1. The van der Waals surface area contributed by atoms with Crippen LogP contribution in [-0.2, 0) is 0 Å². The number of aromatic nitrogens is 1. The molecule has 3 rings (SSSR count). The van der Waals surface area contributed by atoms with Crippen molar-refractivity contribution in [2.75, 3.05) is 0 Å². The number of hydrogen-bond donors (Lipinski definition) is 0. The number of fused-ring (bicyclic) bond motifs is 3. The van der Waals surface area contributed by atoms with Crippen LogP contribution in [0.15, 0.2) is 36.4 Å². The van der Waals surface area contributed by atoms with Gasteiger partial charge in [0.25, 0.3) is 0 Å². The van der Waals surface area contributed by atoms with Gasteiger partial charge in [-0.05, 0) is 29.5 Å². The zero-order chi connectivity index (χ0) is 11.8. The molecule has 17 heavy (non-hydrogen) atoms. The molecule has 1 heterocycles. The lowest BCUT2D eigenvalue weighted by Gasteiger charge is -2.10. The highest BCUT2D eigenvalue weighted by molar-refractivity contribution is 6.06. The van der Waals surface area contributed by atoms with E-state index in [4.69, 9.17) is 4.98 Å². The van der Waals surface area contributed by atoms with Gasteiger partial charge in [-0.15, -0.1) is 0 Å². The molecule has 0 unspecified atom stereocenters. The van der Waals surface area contributed by atoms with Crippen LogP contribution in [0.5, 0.6) is 0 Å². The van der Waals surface area contributed by atoms with Crippen LogP contribution in [0.3, 0.4) is 0 Å². The third-order valence-corrected chi connectivity index (χ3v) is 3.05. The SMILES string of the molecule is CC(C)c1nc2c#cccc2c2ccccc12. The molecule has 0 aliphatic rings. The Kier molecular flexibility index (Phi) is 2.23. The van der Waals surface area contributed by atoms with Gasteiger partial charge in [0.2, 0.25) is 0 Å². The Morgan fingerprint density at radius 3 is 2.53 bits per heavy atom. The summed E-state index contributed by atoms with van der Waals surface area (Å²) >= 11 is 0. The number of benzene rings is 1. The fourth-order valence-electron chi connectivity index (χ4n) is 2.25. The molecule has 1 heteroatoms. The topological polar surface area (TPSA) is 12.9 Å². The van der Waals surface area contributed by atoms with Crippen molar-refractivity contribution in [1.82, 2.24) is 4.98 Å². The predicted octanol–water partition coefficient (Wildman–Crippen LogP) is 4.11. The molecule has 2 aromatic carbocycles. The van der Waals surface area contributed by atoms with E-state index in [1.165, 1.54) is 10.8 Å². The van der Waals surface area contributed by atoms with Crippen LogP contribution < -0.4 is 0 Å². The van der Waals surface area contributed by atoms with Gasteiger partial charge < -0.3 is 0 Å². The summed E-state index contributed by atoms with van der Waals surface area (Å²) < 4.78 is 0. The van der Waals surface area contributed by atoms with E-state index < -0.39 is 0 Å². The average molecular weight is 219 g/mol. The molecule has 1 nitrogen and oxygen atoms in total. The molecular formula is C16H13N. The van der Waals surface area contributed by atoms with E-state index >= 15 is 0 Å². The van der Waals surface area contributed by atoms with Crippen LogP contribution in [0.25, 0.3) is 21.7 Å². The molecule has 0 atom stereocenters. The summed E-state index contributed by atoms with van der Waals surface area (Å²) in [7, 11) is 0. The van der Waals surface area contributed by atoms with Gasteiger partial charge in [-0.25, -0.2) is 4.98 Å². The first-order valence-electron chi connectivity index (χ1n) is 5.88. The van der Waals surface area contributed by atoms with E-state index in [-0.39, 0.29) is 0 Å². The summed E-state index contributed by atoms with van der Waals surface area (Å²) in [6.07, 6.45) is 0. The van der Waals surface area contributed by atoms with Crippen LogP contribution in [-0.4, -0.2) is 4.98 Å². The van der Waals surface area contributed by atoms with Gasteiger partial charge in [0.15, 0.2) is 0 Å². The second-order valence-corrected chi connectivity index (χ2v) is 4.56. The smallest absolute Gasteiger partial charge is 0.121 e. The highest BCUT2D eigenvalue weighted by atomic mass is 14.7. The summed E-state index contributed by atoms with van der Waals surface area (Å²) in [4.78, 5) is 4.72. The lowest BCUT2D eigenvalue weighted by Crippen LogP contribution is -1.95. The zero-order valence-corrected chi connectivity index (χ0v) is 9.99. The molecule has 0 spiro atoms. The molecule has 82 valence electrons. The average Bonchev–Trinajstić information content (AvgIpc) is 2.37. The quantitative estimate of drug-likeness (QED) is 0.600. The van der Waals surface area contributed by atoms with Crippen LogP contribution in [0.2, 0.25) is 0 Å². The summed E-state index contributed by atoms with van der Waals surface area (Å²) in [5, 5.41) is 3.66. The molecule has 0 saturated heterocycles. The van der Waals surface area contributed by atoms with Crippen LogP contribution in [0.1, 0.15) is 25.5 Å². The standard InChI is InChI=1S/C16H13N/c1-11(2)16-14-9-4-3-7-12(14)13-8-5-6-10-15(13)17-16/h3-5,7-9,11H,1-2H3. The van der Waals surface area contributed by atoms with Gasteiger partial charge in [-0.1, -0.05) is 44.2 Å². The normalized spacial score (nSPS) is 11.0. The first kappa shape index (κ1) is 10.1. The van der Waals surface area contributed by atoms with Crippen molar-refractivity contribution in [3.63, 3.8) is 0 Å². The Balaban J connectivity index is 2.55. The minimum Gasteiger partial charge on any atom is -0.243 e. The third kappa shape index (κ3) is 1.54. The van der Waals surface area contributed by atoms with E-state index in [0.29, 0.717) is 5.92 Å². The summed E-state index contributed by atoms with van der Waals surface area (Å²) in [5.41, 5.74) is 2.05. The monoisotopic (exact) mass is 219 g/mol. The van der Waals surface area contributed by atoms with Gasteiger partial charge >= 0.3 is 0 Å². The molecule has 0 aliphatic carbocycles. The molecule has 0 saturated carbocycles. The highest BCUT2D eigenvalue weighted by Gasteiger charge is 2.09. The molecular weight excluding hydrogens is 206 g/mol. The lowest BCUT2D eigenvalue weighted by molar-refractivity contribution is 0.841. The third-order valence-electron chi connectivity index (χ3n) is 3.05. The molecule has 3 aromatic rings. The van der Waals surface area contributed by atoms with Crippen molar-refractivity contribution in [2.24, 2.45) is 0 Å². The number of rotatable bonds is 1. The minimum absolute atomic E-state index is 0.415. The molecule has 0 N–H and O–H groups in total. The summed E-state index contributed by atoms with van der Waals surface area (Å²) in [5.74, 6) is 0.415. The fourth-order valence-corrected chi connectivity index (χ4v) is 2.25. The number of pyridine rings is 1. The Labute approximate surface area is 101 Å². The number of hydrogen-bond acceptors (Lipinski definition) is 1. The minimum atomic E-state index is 0.415. The van der Waals surface area contributed by atoms with Crippen molar-refractivity contribution < 1.29 is 0 Å². The molecule has 0 fully saturated rings. The predicted molar refractivity (Wildman–Crippen MR) is 71.0 cm³/mol. The van der Waals surface area contributed by atoms with Crippen LogP contribution in [0.4, 0.5) is 0 Å². The van der Waals surface area contributed by atoms with Gasteiger partial charge in [-0.3, -0.25) is 0 Å². The highest BCUT2D eigenvalue weighted by Crippen LogP contribution is 2.28. The van der Waals surface area contributed by atoms with E-state index in [9.17, 15) is 0 Å². The Hall–Kier alpha value is -2.07. The van der Waals surface area contributed by atoms with Crippen molar-refractivity contribution in [3.8, 4) is 0 Å².